The van der Waals surface area contributed by atoms with Crippen molar-refractivity contribution >= 4 is 0 Å². The normalized spacial score (nSPS) is 15.3. The van der Waals surface area contributed by atoms with E-state index in [1.807, 2.05) is 6.20 Å². The van der Waals surface area contributed by atoms with Crippen molar-refractivity contribution in [2.75, 3.05) is 13.1 Å². The Morgan fingerprint density at radius 2 is 1.32 bits per heavy atom. The second-order valence-corrected chi connectivity index (χ2v) is 6.19. The van der Waals surface area contributed by atoms with Crippen LogP contribution in [0.15, 0.2) is 36.2 Å². The molecule has 0 spiro atoms. The number of hydrogen-bond donors (Lipinski definition) is 3. The summed E-state index contributed by atoms with van der Waals surface area (Å²) in [5.41, 5.74) is 12.5. The van der Waals surface area contributed by atoms with Gasteiger partial charge in [-0.15, -0.1) is 0 Å². The predicted molar refractivity (Wildman–Crippen MR) is 97.3 cm³/mol. The van der Waals surface area contributed by atoms with Gasteiger partial charge in [0.25, 0.3) is 0 Å². The van der Waals surface area contributed by atoms with E-state index in [9.17, 15) is 0 Å². The average Bonchev–Trinajstić information content (AvgIpc) is 2.82. The smallest absolute Gasteiger partial charge is 0.0178 e. The molecule has 3 nitrogen and oxygen atoms in total. The molecule has 0 bridgehead atoms. The second kappa shape index (κ2) is 13.6. The van der Waals surface area contributed by atoms with Crippen LogP contribution in [0, 0.1) is 5.92 Å². The molecule has 1 atom stereocenters. The molecule has 0 saturated heterocycles. The summed E-state index contributed by atoms with van der Waals surface area (Å²) in [6.07, 6.45) is 23.2. The highest BCUT2D eigenvalue weighted by Gasteiger charge is 2.13. The van der Waals surface area contributed by atoms with Gasteiger partial charge in [-0.3, -0.25) is 0 Å². The van der Waals surface area contributed by atoms with Crippen LogP contribution in [0.25, 0.3) is 0 Å². The molecule has 0 amide bonds. The molecule has 0 aromatic rings. The fourth-order valence-electron chi connectivity index (χ4n) is 2.96. The lowest BCUT2D eigenvalue weighted by Crippen LogP contribution is -2.16. The van der Waals surface area contributed by atoms with Gasteiger partial charge in [0.1, 0.15) is 0 Å². The molecule has 0 aliphatic carbocycles. The number of unbranched alkanes of at least 4 members (excludes halogenated alkanes) is 6. The van der Waals surface area contributed by atoms with Crippen molar-refractivity contribution in [2.45, 2.75) is 64.2 Å². The standard InChI is InChI=1S/C19H35N3/c20-15-9-3-1-2-6-12-18(13-7-4-10-16-21)19-14-8-5-11-17-22-19/h5,8,11,14,17-18,22H,1-4,6-7,9-10,12-13,15-16,20-21H2. The predicted octanol–water partition coefficient (Wildman–Crippen LogP) is 3.98. The molecule has 1 aliphatic heterocycles. The number of nitrogens with one attached hydrogen (secondary N) is 1. The van der Waals surface area contributed by atoms with Gasteiger partial charge in [-0.2, -0.15) is 0 Å². The van der Waals surface area contributed by atoms with Crippen molar-refractivity contribution in [3.8, 4) is 0 Å². The lowest BCUT2D eigenvalue weighted by molar-refractivity contribution is 0.442. The molecule has 126 valence electrons. The fraction of sp³-hybridized carbons (Fsp3) is 0.684. The van der Waals surface area contributed by atoms with Crippen molar-refractivity contribution in [2.24, 2.45) is 17.4 Å². The highest BCUT2D eigenvalue weighted by molar-refractivity contribution is 5.22. The third kappa shape index (κ3) is 9.06. The quantitative estimate of drug-likeness (QED) is 0.451. The van der Waals surface area contributed by atoms with E-state index in [1.165, 1.54) is 63.5 Å². The Kier molecular flexibility index (Phi) is 11.7. The van der Waals surface area contributed by atoms with Crippen LogP contribution >= 0.6 is 0 Å². The van der Waals surface area contributed by atoms with Gasteiger partial charge in [-0.1, -0.05) is 50.7 Å². The Balaban J connectivity index is 2.35. The molecule has 0 fully saturated rings. The highest BCUT2D eigenvalue weighted by atomic mass is 14.9. The van der Waals surface area contributed by atoms with Crippen LogP contribution in [-0.2, 0) is 0 Å². The van der Waals surface area contributed by atoms with Gasteiger partial charge < -0.3 is 16.8 Å². The molecular weight excluding hydrogens is 270 g/mol. The zero-order valence-electron chi connectivity index (χ0n) is 14.1. The minimum absolute atomic E-state index is 0.652. The van der Waals surface area contributed by atoms with Crippen LogP contribution in [0.4, 0.5) is 0 Å². The molecule has 0 radical (unpaired) electrons. The summed E-state index contributed by atoms with van der Waals surface area (Å²) in [6.45, 7) is 1.65. The summed E-state index contributed by atoms with van der Waals surface area (Å²) in [7, 11) is 0. The van der Waals surface area contributed by atoms with E-state index in [0.717, 1.165) is 19.5 Å². The van der Waals surface area contributed by atoms with Crippen LogP contribution in [0.5, 0.6) is 0 Å². The zero-order valence-corrected chi connectivity index (χ0v) is 14.1. The number of nitrogens with two attached hydrogens (primary N) is 2. The third-order valence-corrected chi connectivity index (χ3v) is 4.30. The van der Waals surface area contributed by atoms with Crippen molar-refractivity contribution in [3.05, 3.63) is 36.2 Å². The first kappa shape index (κ1) is 19.0. The van der Waals surface area contributed by atoms with Gasteiger partial charge in [0.05, 0.1) is 0 Å². The molecule has 22 heavy (non-hydrogen) atoms. The van der Waals surface area contributed by atoms with E-state index in [1.54, 1.807) is 0 Å². The van der Waals surface area contributed by atoms with Crippen LogP contribution in [0.3, 0.4) is 0 Å². The van der Waals surface area contributed by atoms with Crippen LogP contribution in [0.2, 0.25) is 0 Å². The van der Waals surface area contributed by atoms with Gasteiger partial charge in [-0.05, 0) is 56.8 Å². The minimum Gasteiger partial charge on any atom is -0.365 e. The minimum atomic E-state index is 0.652. The average molecular weight is 306 g/mol. The summed E-state index contributed by atoms with van der Waals surface area (Å²) in [4.78, 5) is 0. The van der Waals surface area contributed by atoms with Gasteiger partial charge in [0.2, 0.25) is 0 Å². The number of hydrogen-bond acceptors (Lipinski definition) is 3. The fourth-order valence-corrected chi connectivity index (χ4v) is 2.96. The SMILES string of the molecule is NCCCCCCCC(CCCCCN)C1=CC=CC=CN1. The van der Waals surface area contributed by atoms with Crippen molar-refractivity contribution < 1.29 is 0 Å². The Hall–Kier alpha value is -1.06. The van der Waals surface area contributed by atoms with Crippen molar-refractivity contribution in [1.82, 2.24) is 5.32 Å². The molecule has 0 aromatic carbocycles. The molecule has 5 N–H and O–H groups in total. The topological polar surface area (TPSA) is 64.1 Å². The van der Waals surface area contributed by atoms with E-state index < -0.39 is 0 Å². The molecule has 3 heteroatoms. The number of rotatable bonds is 13. The molecule has 1 aliphatic rings. The largest absolute Gasteiger partial charge is 0.365 e. The molecule has 0 saturated carbocycles. The van der Waals surface area contributed by atoms with E-state index in [0.29, 0.717) is 5.92 Å². The molecule has 1 heterocycles. The Morgan fingerprint density at radius 3 is 2.00 bits per heavy atom. The Labute approximate surface area is 136 Å². The number of allylic oxidation sites excluding steroid dienone is 5. The zero-order chi connectivity index (χ0) is 15.9. The lowest BCUT2D eigenvalue weighted by atomic mass is 9.91. The summed E-state index contributed by atoms with van der Waals surface area (Å²) >= 11 is 0. The van der Waals surface area contributed by atoms with E-state index in [4.69, 9.17) is 11.5 Å². The summed E-state index contributed by atoms with van der Waals surface area (Å²) in [5, 5.41) is 3.46. The first-order valence-corrected chi connectivity index (χ1v) is 9.08. The maximum absolute atomic E-state index is 5.60. The second-order valence-electron chi connectivity index (χ2n) is 6.19. The monoisotopic (exact) mass is 305 g/mol. The Morgan fingerprint density at radius 1 is 0.727 bits per heavy atom. The molecule has 1 unspecified atom stereocenters. The van der Waals surface area contributed by atoms with E-state index in [2.05, 4.69) is 29.6 Å². The van der Waals surface area contributed by atoms with Crippen LogP contribution in [0.1, 0.15) is 64.2 Å². The lowest BCUT2D eigenvalue weighted by Gasteiger charge is -2.20. The summed E-state index contributed by atoms with van der Waals surface area (Å²) < 4.78 is 0. The van der Waals surface area contributed by atoms with E-state index in [-0.39, 0.29) is 0 Å². The summed E-state index contributed by atoms with van der Waals surface area (Å²) in [5.74, 6) is 0.652. The van der Waals surface area contributed by atoms with Crippen molar-refractivity contribution in [1.29, 1.82) is 0 Å². The molecule has 1 rings (SSSR count). The molecular formula is C19H35N3. The van der Waals surface area contributed by atoms with Gasteiger partial charge in [-0.25, -0.2) is 0 Å². The van der Waals surface area contributed by atoms with Gasteiger partial charge >= 0.3 is 0 Å². The Bertz CT molecular complexity index is 345. The molecule has 0 aromatic heterocycles. The van der Waals surface area contributed by atoms with Gasteiger partial charge in [0, 0.05) is 11.9 Å². The van der Waals surface area contributed by atoms with Crippen LogP contribution in [-0.4, -0.2) is 13.1 Å². The maximum atomic E-state index is 5.60. The van der Waals surface area contributed by atoms with Crippen LogP contribution < -0.4 is 16.8 Å². The van der Waals surface area contributed by atoms with Crippen molar-refractivity contribution in [3.63, 3.8) is 0 Å². The summed E-state index contributed by atoms with van der Waals surface area (Å²) in [6, 6.07) is 0. The first-order chi connectivity index (χ1) is 10.9. The first-order valence-electron chi connectivity index (χ1n) is 9.08. The maximum Gasteiger partial charge on any atom is 0.0178 e. The highest BCUT2D eigenvalue weighted by Crippen LogP contribution is 2.24. The van der Waals surface area contributed by atoms with E-state index >= 15 is 0 Å². The third-order valence-electron chi connectivity index (χ3n) is 4.30. The van der Waals surface area contributed by atoms with Gasteiger partial charge in [0.15, 0.2) is 0 Å².